The maximum atomic E-state index is 12.0. The first-order valence-corrected chi connectivity index (χ1v) is 2.51. The smallest absolute Gasteiger partial charge is 0.297 e. The van der Waals surface area contributed by atoms with E-state index in [2.05, 4.69) is 0 Å². The maximum Gasteiger partial charge on any atom is 0.305 e. The molecule has 1 aliphatic rings. The Hall–Kier alpha value is -0.470. The number of rotatable bonds is 2. The zero-order chi connectivity index (χ0) is 6.20. The first kappa shape index (κ1) is 5.66. The molecule has 0 aromatic rings. The molecule has 0 radical (unpaired) electrons. The Labute approximate surface area is 45.7 Å². The van der Waals surface area contributed by atoms with Crippen LogP contribution in [0.15, 0.2) is 0 Å². The van der Waals surface area contributed by atoms with Crippen LogP contribution in [0.4, 0.5) is 8.78 Å². The van der Waals surface area contributed by atoms with Crippen LogP contribution >= 0.6 is 0 Å². The van der Waals surface area contributed by atoms with Crippen molar-refractivity contribution in [3.8, 4) is 0 Å². The molecule has 3 heteroatoms. The second kappa shape index (κ2) is 1.50. The van der Waals surface area contributed by atoms with Crippen LogP contribution in [-0.4, -0.2) is 12.2 Å². The molecule has 0 aromatic carbocycles. The van der Waals surface area contributed by atoms with Crippen molar-refractivity contribution < 1.29 is 13.6 Å². The lowest BCUT2D eigenvalue weighted by atomic mass is 10.2. The summed E-state index contributed by atoms with van der Waals surface area (Å²) >= 11 is 0. The lowest BCUT2D eigenvalue weighted by Gasteiger charge is -2.03. The Morgan fingerprint density at radius 3 is 2.12 bits per heavy atom. The minimum Gasteiger partial charge on any atom is -0.297 e. The molecule has 0 aromatic heterocycles. The number of aldehydes is 1. The van der Waals surface area contributed by atoms with Gasteiger partial charge in [0.1, 0.15) is 0 Å². The molecule has 1 saturated carbocycles. The fourth-order valence-electron chi connectivity index (χ4n) is 0.564. The predicted molar refractivity (Wildman–Crippen MR) is 23.7 cm³/mol. The number of alkyl halides is 2. The van der Waals surface area contributed by atoms with Crippen LogP contribution in [0, 0.1) is 5.92 Å². The summed E-state index contributed by atoms with van der Waals surface area (Å²) in [5.41, 5.74) is 0. The molecule has 0 bridgehead atoms. The van der Waals surface area contributed by atoms with Gasteiger partial charge in [-0.15, -0.1) is 0 Å². The summed E-state index contributed by atoms with van der Waals surface area (Å²) in [5.74, 6) is -3.67. The summed E-state index contributed by atoms with van der Waals surface area (Å²) in [7, 11) is 0. The third kappa shape index (κ3) is 0.854. The van der Waals surface area contributed by atoms with Crippen molar-refractivity contribution >= 4 is 6.29 Å². The van der Waals surface area contributed by atoms with E-state index in [1.165, 1.54) is 0 Å². The van der Waals surface area contributed by atoms with Crippen molar-refractivity contribution in [3.63, 3.8) is 0 Å². The van der Waals surface area contributed by atoms with Gasteiger partial charge in [0.2, 0.25) is 0 Å². The molecule has 0 unspecified atom stereocenters. The normalized spacial score (nSPS) is 20.8. The maximum absolute atomic E-state index is 12.0. The highest BCUT2D eigenvalue weighted by atomic mass is 19.3. The van der Waals surface area contributed by atoms with Crippen molar-refractivity contribution in [1.82, 2.24) is 0 Å². The number of hydrogen-bond donors (Lipinski definition) is 0. The zero-order valence-electron chi connectivity index (χ0n) is 4.23. The van der Waals surface area contributed by atoms with E-state index < -0.39 is 11.8 Å². The molecule has 1 fully saturated rings. The second-order valence-electron chi connectivity index (χ2n) is 2.07. The first-order valence-electron chi connectivity index (χ1n) is 2.51. The Morgan fingerprint density at radius 1 is 1.50 bits per heavy atom. The summed E-state index contributed by atoms with van der Waals surface area (Å²) in [6, 6.07) is 0. The van der Waals surface area contributed by atoms with E-state index in [4.69, 9.17) is 0 Å². The van der Waals surface area contributed by atoms with Gasteiger partial charge in [0, 0.05) is 5.92 Å². The lowest BCUT2D eigenvalue weighted by Crippen LogP contribution is -2.19. The van der Waals surface area contributed by atoms with E-state index >= 15 is 0 Å². The summed E-state index contributed by atoms with van der Waals surface area (Å²) < 4.78 is 23.9. The molecule has 0 saturated heterocycles. The van der Waals surface area contributed by atoms with E-state index in [0.717, 1.165) is 0 Å². The van der Waals surface area contributed by atoms with E-state index in [1.54, 1.807) is 0 Å². The highest BCUT2D eigenvalue weighted by molar-refractivity contribution is 5.60. The topological polar surface area (TPSA) is 17.1 Å². The average molecular weight is 120 g/mol. The molecular weight excluding hydrogens is 114 g/mol. The van der Waals surface area contributed by atoms with Gasteiger partial charge in [0.05, 0.1) is 0 Å². The summed E-state index contributed by atoms with van der Waals surface area (Å²) in [5, 5.41) is 0. The summed E-state index contributed by atoms with van der Waals surface area (Å²) in [6.45, 7) is 0. The van der Waals surface area contributed by atoms with Crippen LogP contribution < -0.4 is 0 Å². The molecule has 0 spiro atoms. The molecule has 8 heavy (non-hydrogen) atoms. The highest BCUT2D eigenvalue weighted by Gasteiger charge is 2.46. The monoisotopic (exact) mass is 120 g/mol. The van der Waals surface area contributed by atoms with Crippen LogP contribution in [0.3, 0.4) is 0 Å². The molecule has 46 valence electrons. The van der Waals surface area contributed by atoms with E-state index in [1.807, 2.05) is 0 Å². The zero-order valence-corrected chi connectivity index (χ0v) is 4.23. The second-order valence-corrected chi connectivity index (χ2v) is 2.07. The minimum atomic E-state index is -3.03. The van der Waals surface area contributed by atoms with Gasteiger partial charge in [0.25, 0.3) is 0 Å². The number of carbonyl (C=O) groups is 1. The number of carbonyl (C=O) groups excluding carboxylic acids is 1. The van der Waals surface area contributed by atoms with Crippen molar-refractivity contribution in [1.29, 1.82) is 0 Å². The fourth-order valence-corrected chi connectivity index (χ4v) is 0.564. The molecular formula is C5H6F2O. The Morgan fingerprint density at radius 2 is 2.00 bits per heavy atom. The van der Waals surface area contributed by atoms with Crippen LogP contribution in [0.25, 0.3) is 0 Å². The fraction of sp³-hybridized carbons (Fsp3) is 0.800. The molecule has 1 rings (SSSR count). The van der Waals surface area contributed by atoms with Gasteiger partial charge in [-0.3, -0.25) is 4.79 Å². The van der Waals surface area contributed by atoms with Gasteiger partial charge in [0.15, 0.2) is 6.29 Å². The summed E-state index contributed by atoms with van der Waals surface area (Å²) in [4.78, 5) is 9.56. The molecule has 0 N–H and O–H groups in total. The Bertz CT molecular complexity index is 107. The van der Waals surface area contributed by atoms with Crippen molar-refractivity contribution in [2.45, 2.75) is 18.8 Å². The quantitative estimate of drug-likeness (QED) is 0.501. The SMILES string of the molecule is O=CC(F)(F)C1CC1. The van der Waals surface area contributed by atoms with E-state index in [0.29, 0.717) is 12.8 Å². The standard InChI is InChI=1S/C5H6F2O/c6-5(7,3-8)4-1-2-4/h3-4H,1-2H2. The molecule has 0 amide bonds. The Kier molecular flexibility index (Phi) is 1.06. The number of hydrogen-bond acceptors (Lipinski definition) is 1. The van der Waals surface area contributed by atoms with Crippen LogP contribution in [-0.2, 0) is 4.79 Å². The highest BCUT2D eigenvalue weighted by Crippen LogP contribution is 2.41. The number of halogens is 2. The molecule has 1 nitrogen and oxygen atoms in total. The van der Waals surface area contributed by atoms with Gasteiger partial charge in [-0.25, -0.2) is 0 Å². The van der Waals surface area contributed by atoms with Crippen molar-refractivity contribution in [2.24, 2.45) is 5.92 Å². The van der Waals surface area contributed by atoms with Crippen molar-refractivity contribution in [2.75, 3.05) is 0 Å². The van der Waals surface area contributed by atoms with Gasteiger partial charge in [-0.1, -0.05) is 0 Å². The van der Waals surface area contributed by atoms with Crippen LogP contribution in [0.1, 0.15) is 12.8 Å². The largest absolute Gasteiger partial charge is 0.305 e. The first-order chi connectivity index (χ1) is 3.67. The minimum absolute atomic E-state index is 0.259. The third-order valence-corrected chi connectivity index (χ3v) is 1.28. The lowest BCUT2D eigenvalue weighted by molar-refractivity contribution is -0.131. The van der Waals surface area contributed by atoms with Crippen LogP contribution in [0.5, 0.6) is 0 Å². The molecule has 0 atom stereocenters. The Balaban J connectivity index is 2.49. The average Bonchev–Trinajstić information content (AvgIpc) is 2.44. The van der Waals surface area contributed by atoms with Gasteiger partial charge in [-0.05, 0) is 12.8 Å². The summed E-state index contributed by atoms with van der Waals surface area (Å²) in [6.07, 6.45) is 0.752. The van der Waals surface area contributed by atoms with E-state index in [9.17, 15) is 13.6 Å². The van der Waals surface area contributed by atoms with Gasteiger partial charge >= 0.3 is 5.92 Å². The third-order valence-electron chi connectivity index (χ3n) is 1.28. The molecule has 0 heterocycles. The van der Waals surface area contributed by atoms with Crippen molar-refractivity contribution in [3.05, 3.63) is 0 Å². The van der Waals surface area contributed by atoms with Gasteiger partial charge in [-0.2, -0.15) is 8.78 Å². The van der Waals surface area contributed by atoms with E-state index in [-0.39, 0.29) is 6.29 Å². The van der Waals surface area contributed by atoms with Crippen LogP contribution in [0.2, 0.25) is 0 Å². The predicted octanol–water partition coefficient (Wildman–Crippen LogP) is 1.23. The molecule has 1 aliphatic carbocycles. The van der Waals surface area contributed by atoms with Gasteiger partial charge < -0.3 is 0 Å². The molecule has 0 aliphatic heterocycles.